The van der Waals surface area contributed by atoms with Crippen molar-refractivity contribution in [3.05, 3.63) is 86.5 Å². The van der Waals surface area contributed by atoms with E-state index in [4.69, 9.17) is 0 Å². The first kappa shape index (κ1) is 35.5. The van der Waals surface area contributed by atoms with E-state index < -0.39 is 0 Å². The van der Waals surface area contributed by atoms with E-state index in [1.54, 1.807) is 0 Å². The minimum Gasteiger partial charge on any atom is -0.507 e. The van der Waals surface area contributed by atoms with Gasteiger partial charge in [0.15, 0.2) is 0 Å². The first-order valence-corrected chi connectivity index (χ1v) is 17.7. The van der Waals surface area contributed by atoms with Gasteiger partial charge in [0.05, 0.1) is 0 Å². The highest BCUT2D eigenvalue weighted by atomic mass is 16.3. The van der Waals surface area contributed by atoms with Crippen LogP contribution in [0.3, 0.4) is 0 Å². The number of unbranched alkanes of at least 4 members (excludes halogenated alkanes) is 12. The van der Waals surface area contributed by atoms with E-state index in [-0.39, 0.29) is 5.75 Å². The molecular weight excluding hydrogens is 540 g/mol. The minimum absolute atomic E-state index is 0.264. The van der Waals surface area contributed by atoms with Crippen LogP contribution in [0.5, 0.6) is 17.2 Å². The van der Waals surface area contributed by atoms with Crippen molar-refractivity contribution in [3.8, 4) is 17.2 Å². The molecule has 0 saturated carbocycles. The maximum Gasteiger partial charge on any atom is 0.122 e. The van der Waals surface area contributed by atoms with Gasteiger partial charge >= 0.3 is 0 Å². The van der Waals surface area contributed by atoms with Gasteiger partial charge in [0.25, 0.3) is 0 Å². The first-order valence-electron chi connectivity index (χ1n) is 17.7. The number of phenols is 3. The van der Waals surface area contributed by atoms with Crippen molar-refractivity contribution in [1.29, 1.82) is 0 Å². The van der Waals surface area contributed by atoms with Crippen LogP contribution in [0.15, 0.2) is 36.4 Å². The molecule has 0 aromatic heterocycles. The fourth-order valence-electron chi connectivity index (χ4n) is 6.68. The second-order valence-electron chi connectivity index (χ2n) is 13.4. The topological polar surface area (TPSA) is 60.7 Å². The monoisotopic (exact) mass is 600 g/mol. The summed E-state index contributed by atoms with van der Waals surface area (Å²) in [6, 6.07) is 12.4. The minimum atomic E-state index is 0.264. The number of hydrogen-bond donors (Lipinski definition) is 3. The maximum atomic E-state index is 11.5. The van der Waals surface area contributed by atoms with Gasteiger partial charge in [0, 0.05) is 12.8 Å². The van der Waals surface area contributed by atoms with E-state index >= 15 is 0 Å². The Balaban J connectivity index is 1.71. The third-order valence-electron chi connectivity index (χ3n) is 9.10. The maximum absolute atomic E-state index is 11.5. The third-order valence-corrected chi connectivity index (χ3v) is 9.10. The molecule has 3 aromatic carbocycles. The van der Waals surface area contributed by atoms with Crippen molar-refractivity contribution in [1.82, 2.24) is 0 Å². The number of hydrogen-bond acceptors (Lipinski definition) is 3. The van der Waals surface area contributed by atoms with Gasteiger partial charge in [0.1, 0.15) is 17.2 Å². The van der Waals surface area contributed by atoms with Gasteiger partial charge in [-0.3, -0.25) is 0 Å². The van der Waals surface area contributed by atoms with E-state index in [0.717, 1.165) is 75.8 Å². The van der Waals surface area contributed by atoms with Gasteiger partial charge in [-0.15, -0.1) is 0 Å². The zero-order valence-corrected chi connectivity index (χ0v) is 28.5. The quantitative estimate of drug-likeness (QED) is 0.113. The van der Waals surface area contributed by atoms with Crippen LogP contribution in [0.4, 0.5) is 0 Å². The lowest BCUT2D eigenvalue weighted by molar-refractivity contribution is 0.452. The van der Waals surface area contributed by atoms with Crippen molar-refractivity contribution in [2.24, 2.45) is 0 Å². The molecule has 0 amide bonds. The molecule has 0 heterocycles. The molecule has 0 fully saturated rings. The summed E-state index contributed by atoms with van der Waals surface area (Å²) in [7, 11) is 0. The Hall–Kier alpha value is -2.94. The molecule has 0 atom stereocenters. The average Bonchev–Trinajstić information content (AvgIpc) is 2.98. The van der Waals surface area contributed by atoms with E-state index in [9.17, 15) is 15.3 Å². The van der Waals surface area contributed by atoms with Gasteiger partial charge in [-0.05, 0) is 79.8 Å². The van der Waals surface area contributed by atoms with E-state index in [0.29, 0.717) is 24.3 Å². The van der Waals surface area contributed by atoms with Crippen molar-refractivity contribution in [3.63, 3.8) is 0 Å². The van der Waals surface area contributed by atoms with Crippen LogP contribution >= 0.6 is 0 Å². The molecule has 0 unspecified atom stereocenters. The molecule has 3 aromatic rings. The smallest absolute Gasteiger partial charge is 0.122 e. The van der Waals surface area contributed by atoms with Gasteiger partial charge < -0.3 is 15.3 Å². The molecule has 0 saturated heterocycles. The lowest BCUT2D eigenvalue weighted by Crippen LogP contribution is -2.00. The lowest BCUT2D eigenvalue weighted by atomic mass is 9.91. The second kappa shape index (κ2) is 18.8. The van der Waals surface area contributed by atoms with E-state index in [1.807, 2.05) is 24.3 Å². The molecule has 3 rings (SSSR count). The molecule has 0 spiro atoms. The first-order chi connectivity index (χ1) is 21.2. The van der Waals surface area contributed by atoms with E-state index in [1.165, 1.54) is 77.0 Å². The average molecular weight is 601 g/mol. The molecule has 0 aliphatic carbocycles. The van der Waals surface area contributed by atoms with Crippen LogP contribution in [-0.4, -0.2) is 15.3 Å². The molecule has 3 N–H and O–H groups in total. The molecule has 242 valence electrons. The summed E-state index contributed by atoms with van der Waals surface area (Å²) in [5, 5.41) is 33.9. The summed E-state index contributed by atoms with van der Waals surface area (Å²) in [4.78, 5) is 0. The summed E-state index contributed by atoms with van der Waals surface area (Å²) in [6.07, 6.45) is 20.2. The van der Waals surface area contributed by atoms with Crippen LogP contribution in [0.2, 0.25) is 0 Å². The molecule has 0 aliphatic rings. The summed E-state index contributed by atoms with van der Waals surface area (Å²) >= 11 is 0. The highest BCUT2D eigenvalue weighted by Crippen LogP contribution is 2.36. The Morgan fingerprint density at radius 2 is 0.614 bits per heavy atom. The number of benzene rings is 3. The Morgan fingerprint density at radius 1 is 0.364 bits per heavy atom. The van der Waals surface area contributed by atoms with Crippen LogP contribution in [0.25, 0.3) is 0 Å². The predicted octanol–water partition coefficient (Wildman–Crippen LogP) is 11.5. The fraction of sp³-hybridized carbons (Fsp3) is 0.561. The summed E-state index contributed by atoms with van der Waals surface area (Å²) < 4.78 is 0. The standard InChI is InChI=1S/C41H60O3/c1-6-8-10-12-14-16-18-20-33-22-30(3)24-35(39(33)42)28-37-26-32(5)27-38(41(37)44)29-36-25-31(4)23-34(40(36)43)21-19-17-15-13-11-9-7-2/h22-27,42-44H,6-21,28-29H2,1-5H3. The number of phenolic OH excluding ortho intramolecular Hbond substituents is 3. The molecule has 0 aliphatic heterocycles. The zero-order valence-electron chi connectivity index (χ0n) is 28.5. The Bertz CT molecular complexity index is 1210. The molecule has 3 nitrogen and oxygen atoms in total. The largest absolute Gasteiger partial charge is 0.507 e. The molecule has 0 bridgehead atoms. The molecule has 3 heteroatoms. The Kier molecular flexibility index (Phi) is 15.2. The Labute approximate surface area is 268 Å². The summed E-state index contributed by atoms with van der Waals surface area (Å²) in [5.74, 6) is 1.01. The van der Waals surface area contributed by atoms with Crippen LogP contribution in [-0.2, 0) is 25.7 Å². The molecule has 44 heavy (non-hydrogen) atoms. The van der Waals surface area contributed by atoms with Gasteiger partial charge in [-0.1, -0.05) is 144 Å². The lowest BCUT2D eigenvalue weighted by Gasteiger charge is -2.17. The van der Waals surface area contributed by atoms with Crippen molar-refractivity contribution < 1.29 is 15.3 Å². The predicted molar refractivity (Wildman–Crippen MR) is 188 cm³/mol. The Morgan fingerprint density at radius 3 is 0.932 bits per heavy atom. The SMILES string of the molecule is CCCCCCCCCc1cc(C)cc(Cc2cc(C)cc(Cc3cc(C)cc(CCCCCCCCC)c3O)c2O)c1O. The molecule has 0 radical (unpaired) electrons. The van der Waals surface area contributed by atoms with Gasteiger partial charge in [-0.2, -0.15) is 0 Å². The van der Waals surface area contributed by atoms with Crippen molar-refractivity contribution in [2.75, 3.05) is 0 Å². The second-order valence-corrected chi connectivity index (χ2v) is 13.4. The van der Waals surface area contributed by atoms with Crippen LogP contribution in [0.1, 0.15) is 154 Å². The van der Waals surface area contributed by atoms with Crippen molar-refractivity contribution >= 4 is 0 Å². The highest BCUT2D eigenvalue weighted by Gasteiger charge is 2.17. The van der Waals surface area contributed by atoms with E-state index in [2.05, 4.69) is 46.8 Å². The van der Waals surface area contributed by atoms with Crippen molar-refractivity contribution in [2.45, 2.75) is 150 Å². The third kappa shape index (κ3) is 11.2. The number of aromatic hydroxyl groups is 3. The molecular formula is C41H60O3. The van der Waals surface area contributed by atoms with Gasteiger partial charge in [-0.25, -0.2) is 0 Å². The van der Waals surface area contributed by atoms with Gasteiger partial charge in [0.2, 0.25) is 0 Å². The van der Waals surface area contributed by atoms with Crippen LogP contribution in [0, 0.1) is 20.8 Å². The fourth-order valence-corrected chi connectivity index (χ4v) is 6.68. The number of aryl methyl sites for hydroxylation is 5. The summed E-state index contributed by atoms with van der Waals surface area (Å²) in [6.45, 7) is 10.7. The summed E-state index contributed by atoms with van der Waals surface area (Å²) in [5.41, 5.74) is 8.74. The highest BCUT2D eigenvalue weighted by molar-refractivity contribution is 5.53. The normalized spacial score (nSPS) is 11.4. The zero-order chi connectivity index (χ0) is 31.9. The number of rotatable bonds is 20. The van der Waals surface area contributed by atoms with Crippen LogP contribution < -0.4 is 0 Å².